The summed E-state index contributed by atoms with van der Waals surface area (Å²) in [6.07, 6.45) is 4.03. The Hall–Kier alpha value is -3.88. The van der Waals surface area contributed by atoms with Crippen molar-refractivity contribution in [2.45, 2.75) is 56.5 Å². The number of nitrogens with zero attached hydrogens (tertiary/aromatic N) is 2. The van der Waals surface area contributed by atoms with Crippen LogP contribution in [0.25, 0.3) is 0 Å². The molecule has 0 bridgehead atoms. The number of nitrogens with one attached hydrogen (secondary N) is 2. The van der Waals surface area contributed by atoms with Crippen molar-refractivity contribution in [1.82, 2.24) is 15.5 Å². The minimum Gasteiger partial charge on any atom is -0.457 e. The van der Waals surface area contributed by atoms with Crippen LogP contribution in [0.1, 0.15) is 44.9 Å². The second kappa shape index (κ2) is 10.0. The average molecular weight is 491 g/mol. The van der Waals surface area contributed by atoms with Crippen LogP contribution in [-0.2, 0) is 14.4 Å². The summed E-state index contributed by atoms with van der Waals surface area (Å²) >= 11 is 0. The Morgan fingerprint density at radius 1 is 1.00 bits per heavy atom. The molecule has 2 heterocycles. The summed E-state index contributed by atoms with van der Waals surface area (Å²) < 4.78 is 5.80. The van der Waals surface area contributed by atoms with Crippen LogP contribution in [0.15, 0.2) is 54.6 Å². The summed E-state index contributed by atoms with van der Waals surface area (Å²) in [5, 5.41) is 5.77. The van der Waals surface area contributed by atoms with Crippen LogP contribution in [0, 0.1) is 0 Å². The molecule has 1 unspecified atom stereocenters. The lowest BCUT2D eigenvalue weighted by molar-refractivity contribution is -0.131. The fraction of sp³-hybridized carbons (Fsp3) is 0.407. The van der Waals surface area contributed by atoms with Gasteiger partial charge in [0.25, 0.3) is 5.91 Å². The first-order chi connectivity index (χ1) is 17.4. The monoisotopic (exact) mass is 490 g/mol. The Balaban J connectivity index is 1.08. The molecule has 2 aromatic carbocycles. The Labute approximate surface area is 209 Å². The summed E-state index contributed by atoms with van der Waals surface area (Å²) in [6.45, 7) is 0.603. The maximum absolute atomic E-state index is 12.7. The number of amides is 5. The maximum atomic E-state index is 12.7. The molecule has 1 aliphatic carbocycles. The normalized spacial score (nSPS) is 20.8. The molecule has 9 nitrogen and oxygen atoms in total. The molecule has 2 aliphatic heterocycles. The second-order valence-electron chi connectivity index (χ2n) is 9.66. The molecule has 1 atom stereocenters. The summed E-state index contributed by atoms with van der Waals surface area (Å²) in [5.74, 6) is 0.994. The highest BCUT2D eigenvalue weighted by Crippen LogP contribution is 2.35. The third-order valence-electron chi connectivity index (χ3n) is 7.11. The van der Waals surface area contributed by atoms with Gasteiger partial charge in [0.15, 0.2) is 0 Å². The Kier molecular flexibility index (Phi) is 6.63. The number of carbonyl (C=O) groups is 4. The number of para-hydroxylation sites is 1. The smallest absolute Gasteiger partial charge is 0.325 e. The number of imide groups is 1. The van der Waals surface area contributed by atoms with E-state index in [1.54, 1.807) is 4.90 Å². The lowest BCUT2D eigenvalue weighted by Crippen LogP contribution is -2.44. The molecule has 2 N–H and O–H groups in total. The van der Waals surface area contributed by atoms with Gasteiger partial charge in [-0.3, -0.25) is 19.3 Å². The molecule has 9 heteroatoms. The Bertz CT molecular complexity index is 1140. The van der Waals surface area contributed by atoms with Gasteiger partial charge in [0.2, 0.25) is 11.8 Å². The molecule has 2 saturated heterocycles. The van der Waals surface area contributed by atoms with Crippen molar-refractivity contribution < 1.29 is 23.9 Å². The first-order valence-corrected chi connectivity index (χ1v) is 12.5. The lowest BCUT2D eigenvalue weighted by Gasteiger charge is -2.20. The van der Waals surface area contributed by atoms with E-state index in [-0.39, 0.29) is 49.2 Å². The highest BCUT2D eigenvalue weighted by molar-refractivity contribution is 6.07. The van der Waals surface area contributed by atoms with Gasteiger partial charge in [0.1, 0.15) is 17.0 Å². The number of rotatable bonds is 8. The Morgan fingerprint density at radius 3 is 2.42 bits per heavy atom. The molecule has 3 aliphatic rings. The number of hydrogen-bond acceptors (Lipinski definition) is 5. The number of ether oxygens (including phenoxy) is 1. The summed E-state index contributed by atoms with van der Waals surface area (Å²) in [4.78, 5) is 52.9. The van der Waals surface area contributed by atoms with Crippen molar-refractivity contribution in [2.75, 3.05) is 18.0 Å². The van der Waals surface area contributed by atoms with E-state index in [0.29, 0.717) is 31.6 Å². The molecule has 1 spiro atoms. The van der Waals surface area contributed by atoms with Crippen molar-refractivity contribution in [3.8, 4) is 11.5 Å². The lowest BCUT2D eigenvalue weighted by atomic mass is 9.98. The van der Waals surface area contributed by atoms with Crippen LogP contribution >= 0.6 is 0 Å². The van der Waals surface area contributed by atoms with Gasteiger partial charge in [-0.1, -0.05) is 31.0 Å². The number of carbonyl (C=O) groups excluding carboxylic acids is 4. The SMILES string of the molecule is O=C(CCCN1C(=O)NC2(CCCC2)C1=O)NC1CC(=O)N(c2ccc(Oc3ccccc3)cc2)C1. The number of urea groups is 1. The standard InChI is InChI=1S/C27H30N4O5/c32-23(9-6-16-30-25(34)27(29-26(30)35)14-4-5-15-27)28-19-17-24(33)31(18-19)20-10-12-22(13-11-20)36-21-7-2-1-3-8-21/h1-3,7-8,10-13,19H,4-6,9,14-18H2,(H,28,32)(H,29,35). The molecule has 188 valence electrons. The third kappa shape index (κ3) is 4.91. The van der Waals surface area contributed by atoms with E-state index in [1.165, 1.54) is 4.90 Å². The fourth-order valence-electron chi connectivity index (χ4n) is 5.27. The molecular weight excluding hydrogens is 460 g/mol. The maximum Gasteiger partial charge on any atom is 0.325 e. The third-order valence-corrected chi connectivity index (χ3v) is 7.11. The average Bonchev–Trinajstić information content (AvgIpc) is 3.55. The first kappa shape index (κ1) is 23.8. The van der Waals surface area contributed by atoms with Crippen LogP contribution in [0.4, 0.5) is 10.5 Å². The van der Waals surface area contributed by atoms with Gasteiger partial charge >= 0.3 is 6.03 Å². The summed E-state index contributed by atoms with van der Waals surface area (Å²) in [6, 6.07) is 16.1. The van der Waals surface area contributed by atoms with E-state index in [0.717, 1.165) is 24.3 Å². The molecule has 5 amide bonds. The number of hydrogen-bond donors (Lipinski definition) is 2. The highest BCUT2D eigenvalue weighted by atomic mass is 16.5. The van der Waals surface area contributed by atoms with Crippen molar-refractivity contribution in [2.24, 2.45) is 0 Å². The number of anilines is 1. The van der Waals surface area contributed by atoms with Crippen LogP contribution in [0.3, 0.4) is 0 Å². The van der Waals surface area contributed by atoms with Crippen molar-refractivity contribution in [1.29, 1.82) is 0 Å². The second-order valence-corrected chi connectivity index (χ2v) is 9.66. The van der Waals surface area contributed by atoms with Gasteiger partial charge in [-0.15, -0.1) is 0 Å². The minimum atomic E-state index is -0.723. The van der Waals surface area contributed by atoms with Crippen LogP contribution in [0.5, 0.6) is 11.5 Å². The van der Waals surface area contributed by atoms with E-state index in [9.17, 15) is 19.2 Å². The molecule has 5 rings (SSSR count). The van der Waals surface area contributed by atoms with E-state index in [4.69, 9.17) is 4.74 Å². The molecule has 1 saturated carbocycles. The van der Waals surface area contributed by atoms with E-state index < -0.39 is 5.54 Å². The van der Waals surface area contributed by atoms with Gasteiger partial charge in [0.05, 0.1) is 6.04 Å². The van der Waals surface area contributed by atoms with Gasteiger partial charge in [0, 0.05) is 31.6 Å². The van der Waals surface area contributed by atoms with Gasteiger partial charge in [-0.05, 0) is 55.7 Å². The molecule has 36 heavy (non-hydrogen) atoms. The predicted molar refractivity (Wildman–Crippen MR) is 133 cm³/mol. The minimum absolute atomic E-state index is 0.0572. The Morgan fingerprint density at radius 2 is 1.69 bits per heavy atom. The molecule has 0 radical (unpaired) electrons. The summed E-state index contributed by atoms with van der Waals surface area (Å²) in [7, 11) is 0. The summed E-state index contributed by atoms with van der Waals surface area (Å²) in [5.41, 5.74) is 0.0235. The predicted octanol–water partition coefficient (Wildman–Crippen LogP) is 3.35. The van der Waals surface area contributed by atoms with Crippen LogP contribution < -0.4 is 20.3 Å². The van der Waals surface area contributed by atoms with E-state index >= 15 is 0 Å². The molecule has 2 aromatic rings. The van der Waals surface area contributed by atoms with E-state index in [1.807, 2.05) is 54.6 Å². The van der Waals surface area contributed by atoms with Crippen molar-refractivity contribution in [3.05, 3.63) is 54.6 Å². The largest absolute Gasteiger partial charge is 0.457 e. The quantitative estimate of drug-likeness (QED) is 0.552. The van der Waals surface area contributed by atoms with Gasteiger partial charge < -0.3 is 20.3 Å². The zero-order valence-corrected chi connectivity index (χ0v) is 20.1. The fourth-order valence-corrected chi connectivity index (χ4v) is 5.27. The molecule has 3 fully saturated rings. The van der Waals surface area contributed by atoms with Crippen molar-refractivity contribution >= 4 is 29.4 Å². The van der Waals surface area contributed by atoms with Crippen LogP contribution in [-0.4, -0.2) is 53.3 Å². The van der Waals surface area contributed by atoms with E-state index in [2.05, 4.69) is 10.6 Å². The zero-order chi connectivity index (χ0) is 25.1. The zero-order valence-electron chi connectivity index (χ0n) is 20.1. The van der Waals surface area contributed by atoms with Gasteiger partial charge in [-0.2, -0.15) is 0 Å². The van der Waals surface area contributed by atoms with Crippen molar-refractivity contribution in [3.63, 3.8) is 0 Å². The topological polar surface area (TPSA) is 108 Å². The van der Waals surface area contributed by atoms with Crippen LogP contribution in [0.2, 0.25) is 0 Å². The number of benzene rings is 2. The highest BCUT2D eigenvalue weighted by Gasteiger charge is 2.52. The molecule has 0 aromatic heterocycles. The van der Waals surface area contributed by atoms with Gasteiger partial charge in [-0.25, -0.2) is 4.79 Å². The molecular formula is C27H30N4O5. The first-order valence-electron chi connectivity index (χ1n) is 12.5.